The molecular formula is C16H25NO. The smallest absolute Gasteiger partial charge is 0.156 e. The van der Waals surface area contributed by atoms with Crippen LogP contribution in [0.1, 0.15) is 47.5 Å². The summed E-state index contributed by atoms with van der Waals surface area (Å²) in [7, 11) is 0. The molecule has 2 aliphatic carbocycles. The van der Waals surface area contributed by atoms with Crippen LogP contribution in [0.25, 0.3) is 0 Å². The summed E-state index contributed by atoms with van der Waals surface area (Å²) in [6, 6.07) is 0.971. The number of hydrogen-bond donors (Lipinski definition) is 0. The maximum atomic E-state index is 12.9. The summed E-state index contributed by atoms with van der Waals surface area (Å²) in [4.78, 5) is 15.4. The molecule has 5 atom stereocenters. The maximum Gasteiger partial charge on any atom is 0.156 e. The van der Waals surface area contributed by atoms with E-state index in [1.54, 1.807) is 0 Å². The highest BCUT2D eigenvalue weighted by molar-refractivity contribution is 5.94. The molecule has 2 heteroatoms. The average Bonchev–Trinajstić information content (AvgIpc) is 2.77. The van der Waals surface area contributed by atoms with E-state index in [-0.39, 0.29) is 16.9 Å². The molecule has 18 heavy (non-hydrogen) atoms. The quantitative estimate of drug-likeness (QED) is 0.664. The van der Waals surface area contributed by atoms with Gasteiger partial charge in [0.1, 0.15) is 0 Å². The monoisotopic (exact) mass is 247 g/mol. The minimum atomic E-state index is -0.0929. The molecule has 0 spiro atoms. The standard InChI is InChI=1S/C16H25NO/c1-10-6-7-11(2)17(10)13-12-8-9-16(5,14(13)18)15(12,3)4/h6-7,10-13H,8-9H2,1-5H3/t10-,11+,12-,13+,16-/m0/s1. The molecule has 1 heterocycles. The molecule has 3 aliphatic rings. The van der Waals surface area contributed by atoms with Gasteiger partial charge < -0.3 is 0 Å². The molecule has 100 valence electrons. The van der Waals surface area contributed by atoms with Gasteiger partial charge in [0.2, 0.25) is 0 Å². The normalized spacial score (nSPS) is 50.4. The van der Waals surface area contributed by atoms with Crippen LogP contribution in [-0.2, 0) is 4.79 Å². The first-order valence-electron chi connectivity index (χ1n) is 7.31. The van der Waals surface area contributed by atoms with Crippen molar-refractivity contribution >= 4 is 5.78 Å². The predicted octanol–water partition coefficient (Wildman–Crippen LogP) is 3.03. The Kier molecular flexibility index (Phi) is 2.39. The van der Waals surface area contributed by atoms with E-state index in [1.165, 1.54) is 6.42 Å². The molecular weight excluding hydrogens is 222 g/mol. The third-order valence-electron chi connectivity index (χ3n) is 6.43. The van der Waals surface area contributed by atoms with E-state index < -0.39 is 0 Å². The molecule has 2 fully saturated rings. The SMILES string of the molecule is C[C@@H]1C=C[C@H](C)N1[C@H]1C(=O)[C@]2(C)CC[C@@H]1C2(C)C. The summed E-state index contributed by atoms with van der Waals surface area (Å²) in [5.74, 6) is 1.05. The van der Waals surface area contributed by atoms with Crippen molar-refractivity contribution in [2.24, 2.45) is 16.7 Å². The van der Waals surface area contributed by atoms with E-state index in [0.717, 1.165) is 6.42 Å². The Bertz CT molecular complexity index is 411. The average molecular weight is 247 g/mol. The Morgan fingerprint density at radius 2 is 1.72 bits per heavy atom. The van der Waals surface area contributed by atoms with Crippen LogP contribution in [0.5, 0.6) is 0 Å². The highest BCUT2D eigenvalue weighted by Gasteiger charge is 2.67. The Labute approximate surface area is 110 Å². The Balaban J connectivity index is 1.99. The van der Waals surface area contributed by atoms with Crippen LogP contribution in [-0.4, -0.2) is 28.8 Å². The van der Waals surface area contributed by atoms with Gasteiger partial charge in [-0.05, 0) is 38.0 Å². The van der Waals surface area contributed by atoms with Crippen LogP contribution in [0, 0.1) is 16.7 Å². The number of hydrogen-bond acceptors (Lipinski definition) is 2. The van der Waals surface area contributed by atoms with Crippen LogP contribution >= 0.6 is 0 Å². The number of carbonyl (C=O) groups is 1. The van der Waals surface area contributed by atoms with E-state index in [2.05, 4.69) is 51.7 Å². The number of Topliss-reactive ketones (excluding diaryl/α,β-unsaturated/α-hetero) is 1. The zero-order valence-electron chi connectivity index (χ0n) is 12.2. The second-order valence-electron chi connectivity index (χ2n) is 7.32. The fourth-order valence-corrected chi connectivity index (χ4v) is 4.78. The van der Waals surface area contributed by atoms with Gasteiger partial charge in [-0.25, -0.2) is 0 Å². The van der Waals surface area contributed by atoms with Crippen molar-refractivity contribution in [2.45, 2.75) is 65.6 Å². The summed E-state index contributed by atoms with van der Waals surface area (Å²) in [5, 5.41) is 0. The van der Waals surface area contributed by atoms with Gasteiger partial charge in [0.15, 0.2) is 5.78 Å². The lowest BCUT2D eigenvalue weighted by Crippen LogP contribution is -2.51. The minimum absolute atomic E-state index is 0.0929. The van der Waals surface area contributed by atoms with E-state index in [9.17, 15) is 4.79 Å². The van der Waals surface area contributed by atoms with Crippen molar-refractivity contribution in [1.29, 1.82) is 0 Å². The highest BCUT2D eigenvalue weighted by Crippen LogP contribution is 2.64. The van der Waals surface area contributed by atoms with Crippen molar-refractivity contribution in [3.63, 3.8) is 0 Å². The van der Waals surface area contributed by atoms with Crippen LogP contribution in [0.3, 0.4) is 0 Å². The molecule has 2 bridgehead atoms. The molecule has 2 nitrogen and oxygen atoms in total. The van der Waals surface area contributed by atoms with E-state index in [1.807, 2.05) is 0 Å². The van der Waals surface area contributed by atoms with Gasteiger partial charge in [0.05, 0.1) is 6.04 Å². The summed E-state index contributed by atoms with van der Waals surface area (Å²) < 4.78 is 0. The van der Waals surface area contributed by atoms with Gasteiger partial charge in [-0.1, -0.05) is 32.9 Å². The number of carbonyl (C=O) groups excluding carboxylic acids is 1. The zero-order valence-corrected chi connectivity index (χ0v) is 12.2. The molecule has 0 radical (unpaired) electrons. The Morgan fingerprint density at radius 1 is 1.17 bits per heavy atom. The van der Waals surface area contributed by atoms with Crippen molar-refractivity contribution in [3.8, 4) is 0 Å². The highest BCUT2D eigenvalue weighted by atomic mass is 16.1. The van der Waals surface area contributed by atoms with Crippen LogP contribution < -0.4 is 0 Å². The Hall–Kier alpha value is -0.630. The van der Waals surface area contributed by atoms with Gasteiger partial charge in [-0.3, -0.25) is 9.69 Å². The lowest BCUT2D eigenvalue weighted by molar-refractivity contribution is -0.133. The number of fused-ring (bicyclic) bond motifs is 2. The second-order valence-corrected chi connectivity index (χ2v) is 7.32. The summed E-state index contributed by atoms with van der Waals surface area (Å²) in [6.07, 6.45) is 6.80. The fraction of sp³-hybridized carbons (Fsp3) is 0.812. The lowest BCUT2D eigenvalue weighted by atomic mass is 9.70. The summed E-state index contributed by atoms with van der Waals surface area (Å²) in [6.45, 7) is 11.3. The van der Waals surface area contributed by atoms with E-state index in [4.69, 9.17) is 0 Å². The molecule has 1 aliphatic heterocycles. The van der Waals surface area contributed by atoms with Crippen molar-refractivity contribution in [3.05, 3.63) is 12.2 Å². The largest absolute Gasteiger partial charge is 0.297 e. The molecule has 0 aromatic rings. The number of ketones is 1. The van der Waals surface area contributed by atoms with Crippen molar-refractivity contribution in [2.75, 3.05) is 0 Å². The van der Waals surface area contributed by atoms with Crippen LogP contribution in [0.15, 0.2) is 12.2 Å². The summed E-state index contributed by atoms with van der Waals surface area (Å²) in [5.41, 5.74) is 0.0706. The molecule has 0 amide bonds. The first kappa shape index (κ1) is 12.4. The van der Waals surface area contributed by atoms with Crippen LogP contribution in [0.4, 0.5) is 0 Å². The van der Waals surface area contributed by atoms with Gasteiger partial charge in [-0.15, -0.1) is 0 Å². The first-order chi connectivity index (χ1) is 8.30. The lowest BCUT2D eigenvalue weighted by Gasteiger charge is -2.37. The first-order valence-corrected chi connectivity index (χ1v) is 7.31. The molecule has 0 aromatic heterocycles. The Morgan fingerprint density at radius 3 is 2.17 bits per heavy atom. The molecule has 0 N–H and O–H groups in total. The molecule has 0 aromatic carbocycles. The minimum Gasteiger partial charge on any atom is -0.297 e. The molecule has 3 rings (SSSR count). The number of nitrogens with zero attached hydrogens (tertiary/aromatic N) is 1. The van der Waals surface area contributed by atoms with Gasteiger partial charge >= 0.3 is 0 Å². The zero-order chi connectivity index (χ0) is 13.3. The van der Waals surface area contributed by atoms with Gasteiger partial charge in [0, 0.05) is 17.5 Å². The van der Waals surface area contributed by atoms with Crippen molar-refractivity contribution < 1.29 is 4.79 Å². The third kappa shape index (κ3) is 1.20. The predicted molar refractivity (Wildman–Crippen MR) is 73.3 cm³/mol. The van der Waals surface area contributed by atoms with E-state index >= 15 is 0 Å². The fourth-order valence-electron chi connectivity index (χ4n) is 4.78. The summed E-state index contributed by atoms with van der Waals surface area (Å²) >= 11 is 0. The van der Waals surface area contributed by atoms with Gasteiger partial charge in [0.25, 0.3) is 0 Å². The van der Waals surface area contributed by atoms with Gasteiger partial charge in [-0.2, -0.15) is 0 Å². The second kappa shape index (κ2) is 3.47. The maximum absolute atomic E-state index is 12.9. The topological polar surface area (TPSA) is 20.3 Å². The molecule has 0 unspecified atom stereocenters. The van der Waals surface area contributed by atoms with Crippen molar-refractivity contribution in [1.82, 2.24) is 4.90 Å². The van der Waals surface area contributed by atoms with Crippen LogP contribution in [0.2, 0.25) is 0 Å². The molecule has 0 saturated heterocycles. The molecule has 2 saturated carbocycles. The van der Waals surface area contributed by atoms with E-state index in [0.29, 0.717) is 23.8 Å². The third-order valence-corrected chi connectivity index (χ3v) is 6.43. The number of rotatable bonds is 1.